The van der Waals surface area contributed by atoms with Gasteiger partial charge in [-0.1, -0.05) is 29.5 Å². The third-order valence-corrected chi connectivity index (χ3v) is 2.97. The number of anilines is 1. The van der Waals surface area contributed by atoms with E-state index in [9.17, 15) is 4.79 Å². The highest BCUT2D eigenvalue weighted by Gasteiger charge is 2.08. The van der Waals surface area contributed by atoms with E-state index >= 15 is 0 Å². The van der Waals surface area contributed by atoms with Crippen molar-refractivity contribution in [2.24, 2.45) is 0 Å². The van der Waals surface area contributed by atoms with E-state index < -0.39 is 0 Å². The molecule has 0 radical (unpaired) electrons. The molecule has 1 amide bonds. The van der Waals surface area contributed by atoms with Crippen molar-refractivity contribution in [2.75, 3.05) is 11.9 Å². The Morgan fingerprint density at radius 3 is 2.81 bits per heavy atom. The highest BCUT2D eigenvalue weighted by Crippen LogP contribution is 2.17. The van der Waals surface area contributed by atoms with E-state index in [1.54, 1.807) is 36.4 Å². The van der Waals surface area contributed by atoms with Crippen LogP contribution >= 0.6 is 11.6 Å². The topological polar surface area (TPSA) is 49.3 Å². The molecule has 21 heavy (non-hydrogen) atoms. The molecule has 0 saturated heterocycles. The lowest BCUT2D eigenvalue weighted by Crippen LogP contribution is -2.12. The van der Waals surface area contributed by atoms with Gasteiger partial charge >= 0.3 is 0 Å². The fraction of sp³-hybridized carbons (Fsp3) is 0.118. The first-order valence-electron chi connectivity index (χ1n) is 6.37. The third kappa shape index (κ3) is 4.35. The Kier molecular flexibility index (Phi) is 4.99. The lowest BCUT2D eigenvalue weighted by Gasteiger charge is -2.07. The molecule has 0 heterocycles. The van der Waals surface area contributed by atoms with Crippen LogP contribution in [0.4, 0.5) is 5.69 Å². The SMILES string of the molecule is Cc1cc(C#CCO)cc(C(=O)Nc2cccc(Cl)c2)c1. The molecule has 2 aromatic carbocycles. The van der Waals surface area contributed by atoms with Crippen LogP contribution in [0.5, 0.6) is 0 Å². The Morgan fingerprint density at radius 2 is 2.10 bits per heavy atom. The third-order valence-electron chi connectivity index (χ3n) is 2.73. The van der Waals surface area contributed by atoms with Gasteiger partial charge in [-0.15, -0.1) is 0 Å². The summed E-state index contributed by atoms with van der Waals surface area (Å²) in [6.07, 6.45) is 0. The number of aliphatic hydroxyl groups is 1. The standard InChI is InChI=1S/C17H14ClNO2/c1-12-8-13(4-3-7-20)10-14(9-12)17(21)19-16-6-2-5-15(18)11-16/h2,5-6,8-11,20H,7H2,1H3,(H,19,21). The quantitative estimate of drug-likeness (QED) is 0.836. The van der Waals surface area contributed by atoms with Crippen molar-refractivity contribution >= 4 is 23.2 Å². The molecular weight excluding hydrogens is 286 g/mol. The van der Waals surface area contributed by atoms with Gasteiger partial charge in [-0.3, -0.25) is 4.79 Å². The van der Waals surface area contributed by atoms with Gasteiger partial charge in [0.15, 0.2) is 0 Å². The number of hydrogen-bond acceptors (Lipinski definition) is 2. The first-order chi connectivity index (χ1) is 10.1. The van der Waals surface area contributed by atoms with E-state index in [0.717, 1.165) is 5.56 Å². The van der Waals surface area contributed by atoms with Crippen LogP contribution in [0.25, 0.3) is 0 Å². The Hall–Kier alpha value is -2.28. The summed E-state index contributed by atoms with van der Waals surface area (Å²) in [7, 11) is 0. The maximum absolute atomic E-state index is 12.3. The minimum Gasteiger partial charge on any atom is -0.384 e. The van der Waals surface area contributed by atoms with Gasteiger partial charge in [-0.25, -0.2) is 0 Å². The number of benzene rings is 2. The highest BCUT2D eigenvalue weighted by molar-refractivity contribution is 6.30. The number of rotatable bonds is 2. The van der Waals surface area contributed by atoms with Crippen molar-refractivity contribution in [1.82, 2.24) is 0 Å². The summed E-state index contributed by atoms with van der Waals surface area (Å²) in [6, 6.07) is 12.3. The van der Waals surface area contributed by atoms with Gasteiger partial charge in [-0.2, -0.15) is 0 Å². The number of hydrogen-bond donors (Lipinski definition) is 2. The number of aryl methyl sites for hydroxylation is 1. The Morgan fingerprint density at radius 1 is 1.29 bits per heavy atom. The van der Waals surface area contributed by atoms with Gasteiger partial charge in [0, 0.05) is 21.8 Å². The van der Waals surface area contributed by atoms with E-state index in [1.165, 1.54) is 0 Å². The largest absolute Gasteiger partial charge is 0.384 e. The molecule has 2 N–H and O–H groups in total. The van der Waals surface area contributed by atoms with Gasteiger partial charge in [-0.05, 0) is 48.9 Å². The van der Waals surface area contributed by atoms with Crippen LogP contribution in [0.15, 0.2) is 42.5 Å². The second-order valence-corrected chi connectivity index (χ2v) is 4.95. The van der Waals surface area contributed by atoms with Crippen LogP contribution in [-0.2, 0) is 0 Å². The predicted octanol–water partition coefficient (Wildman–Crippen LogP) is 3.24. The molecule has 3 nitrogen and oxygen atoms in total. The zero-order chi connectivity index (χ0) is 15.2. The van der Waals surface area contributed by atoms with E-state index in [-0.39, 0.29) is 12.5 Å². The van der Waals surface area contributed by atoms with Crippen molar-refractivity contribution in [3.05, 3.63) is 64.2 Å². The zero-order valence-corrected chi connectivity index (χ0v) is 12.2. The van der Waals surface area contributed by atoms with Crippen LogP contribution in [0.3, 0.4) is 0 Å². The van der Waals surface area contributed by atoms with Crippen LogP contribution in [0.2, 0.25) is 5.02 Å². The number of carbonyl (C=O) groups excluding carboxylic acids is 1. The van der Waals surface area contributed by atoms with Crippen molar-refractivity contribution in [1.29, 1.82) is 0 Å². The molecule has 0 fully saturated rings. The van der Waals surface area contributed by atoms with Crippen LogP contribution < -0.4 is 5.32 Å². The fourth-order valence-electron chi connectivity index (χ4n) is 1.90. The summed E-state index contributed by atoms with van der Waals surface area (Å²) in [5.41, 5.74) is 2.77. The Bertz CT molecular complexity index is 729. The van der Waals surface area contributed by atoms with Crippen molar-refractivity contribution < 1.29 is 9.90 Å². The molecule has 0 aromatic heterocycles. The van der Waals surface area contributed by atoms with Gasteiger partial charge in [0.2, 0.25) is 0 Å². The monoisotopic (exact) mass is 299 g/mol. The summed E-state index contributed by atoms with van der Waals surface area (Å²) >= 11 is 5.89. The van der Waals surface area contributed by atoms with Crippen LogP contribution in [0.1, 0.15) is 21.5 Å². The lowest BCUT2D eigenvalue weighted by atomic mass is 10.1. The maximum atomic E-state index is 12.3. The molecule has 0 atom stereocenters. The van der Waals surface area contributed by atoms with Crippen molar-refractivity contribution in [3.8, 4) is 11.8 Å². The molecule has 0 saturated carbocycles. The molecular formula is C17H14ClNO2. The van der Waals surface area contributed by atoms with E-state index in [2.05, 4.69) is 17.2 Å². The number of nitrogens with one attached hydrogen (secondary N) is 1. The second kappa shape index (κ2) is 6.94. The summed E-state index contributed by atoms with van der Waals surface area (Å²) in [4.78, 5) is 12.3. The summed E-state index contributed by atoms with van der Waals surface area (Å²) in [5, 5.41) is 12.1. The average Bonchev–Trinajstić information content (AvgIpc) is 2.44. The molecule has 0 unspecified atom stereocenters. The predicted molar refractivity (Wildman–Crippen MR) is 84.5 cm³/mol. The highest BCUT2D eigenvalue weighted by atomic mass is 35.5. The molecule has 106 valence electrons. The minimum absolute atomic E-state index is 0.210. The normalized spacial score (nSPS) is 9.67. The van der Waals surface area contributed by atoms with E-state index in [0.29, 0.717) is 21.8 Å². The van der Waals surface area contributed by atoms with Gasteiger partial charge in [0.25, 0.3) is 5.91 Å². The molecule has 2 aromatic rings. The average molecular weight is 300 g/mol. The summed E-state index contributed by atoms with van der Waals surface area (Å²) < 4.78 is 0. The number of aliphatic hydroxyl groups excluding tert-OH is 1. The Labute approximate surface area is 128 Å². The molecule has 2 rings (SSSR count). The van der Waals surface area contributed by atoms with E-state index in [4.69, 9.17) is 16.7 Å². The van der Waals surface area contributed by atoms with Gasteiger partial charge in [0.1, 0.15) is 6.61 Å². The van der Waals surface area contributed by atoms with Crippen molar-refractivity contribution in [3.63, 3.8) is 0 Å². The minimum atomic E-state index is -0.229. The molecule has 0 bridgehead atoms. The second-order valence-electron chi connectivity index (χ2n) is 4.51. The number of halogens is 1. The first kappa shape index (κ1) is 15.1. The zero-order valence-electron chi connectivity index (χ0n) is 11.5. The molecule has 0 aliphatic heterocycles. The number of amides is 1. The smallest absolute Gasteiger partial charge is 0.255 e. The van der Waals surface area contributed by atoms with E-state index in [1.807, 2.05) is 13.0 Å². The fourth-order valence-corrected chi connectivity index (χ4v) is 2.09. The lowest BCUT2D eigenvalue weighted by molar-refractivity contribution is 0.102. The van der Waals surface area contributed by atoms with Gasteiger partial charge < -0.3 is 10.4 Å². The maximum Gasteiger partial charge on any atom is 0.255 e. The summed E-state index contributed by atoms with van der Waals surface area (Å²) in [5.74, 6) is 5.15. The molecule has 0 aliphatic rings. The molecule has 0 spiro atoms. The van der Waals surface area contributed by atoms with Crippen LogP contribution in [0, 0.1) is 18.8 Å². The Balaban J connectivity index is 2.24. The first-order valence-corrected chi connectivity index (χ1v) is 6.74. The molecule has 0 aliphatic carbocycles. The summed E-state index contributed by atoms with van der Waals surface area (Å²) in [6.45, 7) is 1.68. The van der Waals surface area contributed by atoms with Gasteiger partial charge in [0.05, 0.1) is 0 Å². The van der Waals surface area contributed by atoms with Crippen LogP contribution in [-0.4, -0.2) is 17.6 Å². The number of carbonyl (C=O) groups is 1. The molecule has 4 heteroatoms. The van der Waals surface area contributed by atoms with Crippen molar-refractivity contribution in [2.45, 2.75) is 6.92 Å².